The van der Waals surface area contributed by atoms with E-state index < -0.39 is 0 Å². The van der Waals surface area contributed by atoms with Crippen LogP contribution < -0.4 is 15.2 Å². The summed E-state index contributed by atoms with van der Waals surface area (Å²) in [6, 6.07) is 10.5. The summed E-state index contributed by atoms with van der Waals surface area (Å²) >= 11 is 0. The molecule has 6 nitrogen and oxygen atoms in total. The van der Waals surface area contributed by atoms with Gasteiger partial charge in [-0.1, -0.05) is 12.1 Å². The minimum Gasteiger partial charge on any atom is -0.504 e. The third-order valence-electron chi connectivity index (χ3n) is 3.66. The van der Waals surface area contributed by atoms with Gasteiger partial charge in [0.05, 0.1) is 23.6 Å². The Kier molecular flexibility index (Phi) is 3.65. The molecule has 1 heterocycles. The summed E-state index contributed by atoms with van der Waals surface area (Å²) < 4.78 is 5.22. The van der Waals surface area contributed by atoms with Gasteiger partial charge in [-0.15, -0.1) is 0 Å². The van der Waals surface area contributed by atoms with Crippen LogP contribution in [0.25, 0.3) is 22.3 Å². The molecule has 0 fully saturated rings. The smallest absolute Gasteiger partial charge is 0.259 e. The summed E-state index contributed by atoms with van der Waals surface area (Å²) in [4.78, 5) is 21.3. The lowest BCUT2D eigenvalue weighted by molar-refractivity contribution is 0.374. The first kappa shape index (κ1) is 14.9. The Hall–Kier alpha value is -3.02. The largest absolute Gasteiger partial charge is 0.504 e. The van der Waals surface area contributed by atoms with Gasteiger partial charge in [0, 0.05) is 25.8 Å². The van der Waals surface area contributed by atoms with Crippen LogP contribution in [-0.4, -0.2) is 36.3 Å². The van der Waals surface area contributed by atoms with Gasteiger partial charge in [0.25, 0.3) is 5.56 Å². The first-order chi connectivity index (χ1) is 11.0. The van der Waals surface area contributed by atoms with Crippen LogP contribution in [0.2, 0.25) is 0 Å². The Bertz CT molecular complexity index is 932. The molecule has 2 aromatic carbocycles. The van der Waals surface area contributed by atoms with Crippen molar-refractivity contribution in [3.8, 4) is 22.9 Å². The minimum absolute atomic E-state index is 0.0588. The molecule has 0 radical (unpaired) electrons. The van der Waals surface area contributed by atoms with E-state index in [4.69, 9.17) is 4.74 Å². The molecule has 0 atom stereocenters. The molecule has 0 spiro atoms. The summed E-state index contributed by atoms with van der Waals surface area (Å²) in [7, 11) is 5.24. The van der Waals surface area contributed by atoms with Crippen LogP contribution in [0.1, 0.15) is 0 Å². The van der Waals surface area contributed by atoms with E-state index in [1.807, 2.05) is 25.1 Å². The maximum Gasteiger partial charge on any atom is 0.259 e. The van der Waals surface area contributed by atoms with Crippen molar-refractivity contribution in [3.63, 3.8) is 0 Å². The van der Waals surface area contributed by atoms with Gasteiger partial charge in [0.2, 0.25) is 0 Å². The molecule has 0 aliphatic rings. The summed E-state index contributed by atoms with van der Waals surface area (Å²) in [5.41, 5.74) is 1.56. The molecule has 0 amide bonds. The van der Waals surface area contributed by atoms with Crippen LogP contribution in [0.4, 0.5) is 5.69 Å². The highest BCUT2D eigenvalue weighted by Crippen LogP contribution is 2.39. The van der Waals surface area contributed by atoms with E-state index in [1.165, 1.54) is 7.11 Å². The van der Waals surface area contributed by atoms with E-state index in [9.17, 15) is 9.90 Å². The van der Waals surface area contributed by atoms with Crippen molar-refractivity contribution < 1.29 is 9.84 Å². The topological polar surface area (TPSA) is 78.5 Å². The Morgan fingerprint density at radius 2 is 1.96 bits per heavy atom. The number of aromatic amines is 1. The number of ether oxygens (including phenoxy) is 1. The quantitative estimate of drug-likeness (QED) is 0.776. The van der Waals surface area contributed by atoms with E-state index in [0.717, 1.165) is 5.69 Å². The Labute approximate surface area is 133 Å². The third kappa shape index (κ3) is 2.59. The molecule has 0 unspecified atom stereocenters. The number of phenolic OH excluding ortho intramolecular Hbond substituents is 1. The molecule has 0 aliphatic heterocycles. The summed E-state index contributed by atoms with van der Waals surface area (Å²) in [5.74, 6) is 0.562. The van der Waals surface area contributed by atoms with Crippen molar-refractivity contribution in [3.05, 3.63) is 46.8 Å². The maximum absolute atomic E-state index is 12.2. The van der Waals surface area contributed by atoms with Crippen LogP contribution in [0, 0.1) is 0 Å². The molecule has 2 N–H and O–H groups in total. The standard InChI is InChI=1S/C17H17N3O3/c1-20(2)10-8-12(15(21)14(9-10)23-3)16-18-13-7-5-4-6-11(13)17(22)19-16/h4-9,21H,1-3H3,(H,18,19,22). The minimum atomic E-state index is -0.251. The first-order valence-corrected chi connectivity index (χ1v) is 7.09. The van der Waals surface area contributed by atoms with E-state index in [-0.39, 0.29) is 11.3 Å². The second kappa shape index (κ2) is 5.64. The monoisotopic (exact) mass is 311 g/mol. The van der Waals surface area contributed by atoms with E-state index in [1.54, 1.807) is 30.3 Å². The molecule has 1 aromatic heterocycles. The molecule has 0 aliphatic carbocycles. The SMILES string of the molecule is COc1cc(N(C)C)cc(-c2nc3ccccc3c(=O)[nH]2)c1O. The number of hydrogen-bond acceptors (Lipinski definition) is 5. The molecule has 23 heavy (non-hydrogen) atoms. The zero-order valence-electron chi connectivity index (χ0n) is 13.1. The summed E-state index contributed by atoms with van der Waals surface area (Å²) in [5, 5.41) is 10.9. The average Bonchev–Trinajstić information content (AvgIpc) is 2.54. The second-order valence-corrected chi connectivity index (χ2v) is 5.37. The number of methoxy groups -OCH3 is 1. The maximum atomic E-state index is 12.2. The summed E-state index contributed by atoms with van der Waals surface area (Å²) in [6.45, 7) is 0. The average molecular weight is 311 g/mol. The van der Waals surface area contributed by atoms with Gasteiger partial charge >= 0.3 is 0 Å². The number of fused-ring (bicyclic) bond motifs is 1. The molecular formula is C17H17N3O3. The lowest BCUT2D eigenvalue weighted by Crippen LogP contribution is -2.11. The number of nitrogens with zero attached hydrogens (tertiary/aromatic N) is 2. The lowest BCUT2D eigenvalue weighted by atomic mass is 10.1. The number of H-pyrrole nitrogens is 1. The fraction of sp³-hybridized carbons (Fsp3) is 0.176. The van der Waals surface area contributed by atoms with Crippen molar-refractivity contribution >= 4 is 16.6 Å². The fourth-order valence-corrected chi connectivity index (χ4v) is 2.40. The number of hydrogen-bond donors (Lipinski definition) is 2. The van der Waals surface area contributed by atoms with Crippen LogP contribution in [0.5, 0.6) is 11.5 Å². The zero-order chi connectivity index (χ0) is 16.6. The predicted octanol–water partition coefficient (Wildman–Crippen LogP) is 2.37. The van der Waals surface area contributed by atoms with E-state index in [2.05, 4.69) is 9.97 Å². The molecule has 0 saturated heterocycles. The molecule has 3 aromatic rings. The van der Waals surface area contributed by atoms with Gasteiger partial charge in [-0.3, -0.25) is 4.79 Å². The second-order valence-electron chi connectivity index (χ2n) is 5.37. The van der Waals surface area contributed by atoms with Crippen molar-refractivity contribution in [1.29, 1.82) is 0 Å². The Balaban J connectivity index is 2.29. The van der Waals surface area contributed by atoms with Crippen LogP contribution in [-0.2, 0) is 0 Å². The molecule has 0 bridgehead atoms. The van der Waals surface area contributed by atoms with Crippen molar-refractivity contribution in [1.82, 2.24) is 9.97 Å². The van der Waals surface area contributed by atoms with Gasteiger partial charge in [-0.2, -0.15) is 0 Å². The predicted molar refractivity (Wildman–Crippen MR) is 90.3 cm³/mol. The fourth-order valence-electron chi connectivity index (χ4n) is 2.40. The van der Waals surface area contributed by atoms with Gasteiger partial charge in [-0.25, -0.2) is 4.98 Å². The van der Waals surface area contributed by atoms with Crippen molar-refractivity contribution in [2.75, 3.05) is 26.1 Å². The van der Waals surface area contributed by atoms with Crippen LogP contribution in [0.3, 0.4) is 0 Å². The Morgan fingerprint density at radius 3 is 2.65 bits per heavy atom. The molecular weight excluding hydrogens is 294 g/mol. The van der Waals surface area contributed by atoms with E-state index >= 15 is 0 Å². The zero-order valence-corrected chi connectivity index (χ0v) is 13.1. The molecule has 6 heteroatoms. The molecule has 3 rings (SSSR count). The van der Waals surface area contributed by atoms with E-state index in [0.29, 0.717) is 28.0 Å². The number of anilines is 1. The number of aromatic hydroxyl groups is 1. The normalized spacial score (nSPS) is 10.7. The number of aromatic nitrogens is 2. The number of rotatable bonds is 3. The number of para-hydroxylation sites is 1. The number of nitrogens with one attached hydrogen (secondary N) is 1. The number of benzene rings is 2. The van der Waals surface area contributed by atoms with Gasteiger partial charge < -0.3 is 19.7 Å². The van der Waals surface area contributed by atoms with Crippen molar-refractivity contribution in [2.24, 2.45) is 0 Å². The highest BCUT2D eigenvalue weighted by atomic mass is 16.5. The van der Waals surface area contributed by atoms with Crippen LogP contribution in [0.15, 0.2) is 41.2 Å². The third-order valence-corrected chi connectivity index (χ3v) is 3.66. The lowest BCUT2D eigenvalue weighted by Gasteiger charge is -2.17. The van der Waals surface area contributed by atoms with Gasteiger partial charge in [0.1, 0.15) is 5.82 Å². The first-order valence-electron chi connectivity index (χ1n) is 7.09. The van der Waals surface area contributed by atoms with Gasteiger partial charge in [-0.05, 0) is 18.2 Å². The van der Waals surface area contributed by atoms with Crippen LogP contribution >= 0.6 is 0 Å². The Morgan fingerprint density at radius 1 is 1.22 bits per heavy atom. The highest BCUT2D eigenvalue weighted by Gasteiger charge is 2.16. The highest BCUT2D eigenvalue weighted by molar-refractivity contribution is 5.81. The van der Waals surface area contributed by atoms with Gasteiger partial charge in [0.15, 0.2) is 11.5 Å². The number of phenols is 1. The molecule has 0 saturated carbocycles. The summed E-state index contributed by atoms with van der Waals surface area (Å²) in [6.07, 6.45) is 0. The van der Waals surface area contributed by atoms with Crippen molar-refractivity contribution in [2.45, 2.75) is 0 Å². The molecule has 118 valence electrons.